The number of rotatable bonds is 6. The summed E-state index contributed by atoms with van der Waals surface area (Å²) in [7, 11) is 1.63. The van der Waals surface area contributed by atoms with Crippen LogP contribution in [0.3, 0.4) is 0 Å². The molecular weight excluding hydrogens is 382 g/mol. The van der Waals surface area contributed by atoms with Crippen molar-refractivity contribution in [1.82, 2.24) is 15.1 Å². The first-order valence-corrected chi connectivity index (χ1v) is 9.84. The van der Waals surface area contributed by atoms with E-state index in [1.54, 1.807) is 18.0 Å². The van der Waals surface area contributed by atoms with Crippen molar-refractivity contribution in [2.45, 2.75) is 25.9 Å². The maximum absolute atomic E-state index is 12.9. The lowest BCUT2D eigenvalue weighted by Crippen LogP contribution is -2.44. The summed E-state index contributed by atoms with van der Waals surface area (Å²) in [5, 5.41) is 7.43. The fraction of sp³-hybridized carbons (Fsp3) is 0.304. The molecule has 0 saturated carbocycles. The predicted molar refractivity (Wildman–Crippen MR) is 113 cm³/mol. The molecule has 156 valence electrons. The third-order valence-corrected chi connectivity index (χ3v) is 5.20. The Kier molecular flexibility index (Phi) is 5.35. The molecule has 0 fully saturated rings. The first-order valence-electron chi connectivity index (χ1n) is 9.84. The predicted octanol–water partition coefficient (Wildman–Crippen LogP) is 3.38. The van der Waals surface area contributed by atoms with Gasteiger partial charge in [-0.2, -0.15) is 5.10 Å². The van der Waals surface area contributed by atoms with Gasteiger partial charge in [-0.3, -0.25) is 9.48 Å². The monoisotopic (exact) mass is 407 g/mol. The zero-order valence-corrected chi connectivity index (χ0v) is 17.3. The van der Waals surface area contributed by atoms with Crippen LogP contribution >= 0.6 is 0 Å². The molecule has 1 aliphatic rings. The Balaban J connectivity index is 1.46. The van der Waals surface area contributed by atoms with Crippen LogP contribution in [0, 0.1) is 0 Å². The number of hydrogen-bond acceptors (Lipinski definition) is 5. The lowest BCUT2D eigenvalue weighted by Gasteiger charge is -2.24. The minimum atomic E-state index is -0.849. The Morgan fingerprint density at radius 1 is 1.10 bits per heavy atom. The molecular formula is C23H25N3O4. The SMILES string of the molecule is COc1ccc(CNC(=O)C(C)(C)n2cc(-c3ccc4c(c3)OCCO4)cn2)cc1. The fourth-order valence-corrected chi connectivity index (χ4v) is 3.25. The van der Waals surface area contributed by atoms with Crippen molar-refractivity contribution in [3.63, 3.8) is 0 Å². The Hall–Kier alpha value is -3.48. The minimum absolute atomic E-state index is 0.116. The van der Waals surface area contributed by atoms with Crippen molar-refractivity contribution in [3.05, 3.63) is 60.4 Å². The molecule has 0 unspecified atom stereocenters. The van der Waals surface area contributed by atoms with Gasteiger partial charge < -0.3 is 19.5 Å². The van der Waals surface area contributed by atoms with Crippen molar-refractivity contribution in [1.29, 1.82) is 0 Å². The van der Waals surface area contributed by atoms with Crippen LogP contribution in [0.1, 0.15) is 19.4 Å². The zero-order chi connectivity index (χ0) is 21.1. The summed E-state index contributed by atoms with van der Waals surface area (Å²) in [6.07, 6.45) is 3.63. The van der Waals surface area contributed by atoms with E-state index >= 15 is 0 Å². The van der Waals surface area contributed by atoms with Crippen LogP contribution in [-0.4, -0.2) is 36.0 Å². The van der Waals surface area contributed by atoms with Crippen LogP contribution in [0.4, 0.5) is 0 Å². The quantitative estimate of drug-likeness (QED) is 0.678. The lowest BCUT2D eigenvalue weighted by atomic mass is 10.0. The number of nitrogens with one attached hydrogen (secondary N) is 1. The first-order chi connectivity index (χ1) is 14.5. The third-order valence-electron chi connectivity index (χ3n) is 5.20. The summed E-state index contributed by atoms with van der Waals surface area (Å²) in [4.78, 5) is 12.9. The maximum atomic E-state index is 12.9. The molecule has 30 heavy (non-hydrogen) atoms. The molecule has 0 saturated heterocycles. The van der Waals surface area contributed by atoms with Crippen LogP contribution < -0.4 is 19.5 Å². The topological polar surface area (TPSA) is 74.6 Å². The summed E-state index contributed by atoms with van der Waals surface area (Å²) in [5.74, 6) is 2.14. The van der Waals surface area contributed by atoms with Crippen LogP contribution in [0.15, 0.2) is 54.9 Å². The smallest absolute Gasteiger partial charge is 0.247 e. The Bertz CT molecular complexity index is 1040. The normalized spacial score (nSPS) is 13.0. The number of amides is 1. The first kappa shape index (κ1) is 19.8. The molecule has 7 nitrogen and oxygen atoms in total. The molecule has 2 aromatic carbocycles. The number of ether oxygens (including phenoxy) is 3. The third kappa shape index (κ3) is 3.96. The van der Waals surface area contributed by atoms with E-state index < -0.39 is 5.54 Å². The molecule has 0 bridgehead atoms. The van der Waals surface area contributed by atoms with Crippen molar-refractivity contribution in [2.24, 2.45) is 0 Å². The van der Waals surface area contributed by atoms with Crippen LogP contribution in [0.25, 0.3) is 11.1 Å². The highest BCUT2D eigenvalue weighted by Gasteiger charge is 2.30. The van der Waals surface area contributed by atoms with E-state index in [-0.39, 0.29) is 5.91 Å². The molecule has 1 aromatic heterocycles. The molecule has 0 spiro atoms. The average molecular weight is 407 g/mol. The van der Waals surface area contributed by atoms with E-state index in [0.717, 1.165) is 33.9 Å². The van der Waals surface area contributed by atoms with E-state index in [0.29, 0.717) is 19.8 Å². The maximum Gasteiger partial charge on any atom is 0.247 e. The van der Waals surface area contributed by atoms with Gasteiger partial charge in [0.05, 0.1) is 13.3 Å². The van der Waals surface area contributed by atoms with Gasteiger partial charge in [-0.15, -0.1) is 0 Å². The van der Waals surface area contributed by atoms with Gasteiger partial charge in [-0.25, -0.2) is 0 Å². The number of aromatic nitrogens is 2. The standard InChI is InChI=1S/C23H25N3O4/c1-23(2,22(27)24-13-16-4-7-19(28-3)8-5-16)26-15-18(14-25-26)17-6-9-20-21(12-17)30-11-10-29-20/h4-9,12,14-15H,10-11,13H2,1-3H3,(H,24,27). The highest BCUT2D eigenvalue weighted by atomic mass is 16.6. The summed E-state index contributed by atoms with van der Waals surface area (Å²) < 4.78 is 18.1. The summed E-state index contributed by atoms with van der Waals surface area (Å²) in [6, 6.07) is 13.4. The summed E-state index contributed by atoms with van der Waals surface area (Å²) >= 11 is 0. The number of carbonyl (C=O) groups is 1. The molecule has 1 aliphatic heterocycles. The molecule has 2 heterocycles. The second-order valence-electron chi connectivity index (χ2n) is 7.62. The Morgan fingerprint density at radius 2 is 1.83 bits per heavy atom. The molecule has 0 radical (unpaired) electrons. The van der Waals surface area contributed by atoms with E-state index in [1.165, 1.54) is 0 Å². The van der Waals surface area contributed by atoms with Gasteiger partial charge in [-0.05, 0) is 49.2 Å². The molecule has 7 heteroatoms. The zero-order valence-electron chi connectivity index (χ0n) is 17.3. The van der Waals surface area contributed by atoms with Crippen LogP contribution in [-0.2, 0) is 16.9 Å². The van der Waals surface area contributed by atoms with Crippen molar-refractivity contribution in [2.75, 3.05) is 20.3 Å². The van der Waals surface area contributed by atoms with E-state index in [9.17, 15) is 4.79 Å². The summed E-state index contributed by atoms with van der Waals surface area (Å²) in [5.41, 5.74) is 2.01. The van der Waals surface area contributed by atoms with Gasteiger partial charge in [0.25, 0.3) is 0 Å². The van der Waals surface area contributed by atoms with E-state index in [4.69, 9.17) is 14.2 Å². The van der Waals surface area contributed by atoms with Crippen LogP contribution in [0.5, 0.6) is 17.2 Å². The number of fused-ring (bicyclic) bond motifs is 1. The number of methoxy groups -OCH3 is 1. The average Bonchev–Trinajstić information content (AvgIpc) is 3.28. The van der Waals surface area contributed by atoms with Crippen molar-refractivity contribution >= 4 is 5.91 Å². The largest absolute Gasteiger partial charge is 0.497 e. The molecule has 4 rings (SSSR count). The van der Waals surface area contributed by atoms with Gasteiger partial charge >= 0.3 is 0 Å². The number of hydrogen-bond donors (Lipinski definition) is 1. The molecule has 1 amide bonds. The molecule has 3 aromatic rings. The molecule has 1 N–H and O–H groups in total. The van der Waals surface area contributed by atoms with Gasteiger partial charge in [0.1, 0.15) is 24.5 Å². The number of nitrogens with zero attached hydrogens (tertiary/aromatic N) is 2. The number of carbonyl (C=O) groups excluding carboxylic acids is 1. The van der Waals surface area contributed by atoms with Gasteiger partial charge in [0.2, 0.25) is 5.91 Å². The second kappa shape index (κ2) is 8.10. The van der Waals surface area contributed by atoms with Gasteiger partial charge in [-0.1, -0.05) is 18.2 Å². The lowest BCUT2D eigenvalue weighted by molar-refractivity contribution is -0.129. The van der Waals surface area contributed by atoms with Crippen molar-refractivity contribution in [3.8, 4) is 28.4 Å². The van der Waals surface area contributed by atoms with E-state index in [2.05, 4.69) is 10.4 Å². The Labute approximate surface area is 175 Å². The van der Waals surface area contributed by atoms with Gasteiger partial charge in [0, 0.05) is 18.3 Å². The minimum Gasteiger partial charge on any atom is -0.497 e. The van der Waals surface area contributed by atoms with E-state index in [1.807, 2.05) is 62.5 Å². The fourth-order valence-electron chi connectivity index (χ4n) is 3.25. The van der Waals surface area contributed by atoms with Crippen molar-refractivity contribution < 1.29 is 19.0 Å². The summed E-state index contributed by atoms with van der Waals surface area (Å²) in [6.45, 7) is 5.22. The highest BCUT2D eigenvalue weighted by Crippen LogP contribution is 2.34. The second-order valence-corrected chi connectivity index (χ2v) is 7.62. The molecule has 0 atom stereocenters. The highest BCUT2D eigenvalue weighted by molar-refractivity contribution is 5.83. The van der Waals surface area contributed by atoms with Crippen LogP contribution in [0.2, 0.25) is 0 Å². The number of benzene rings is 2. The Morgan fingerprint density at radius 3 is 2.57 bits per heavy atom. The van der Waals surface area contributed by atoms with Gasteiger partial charge in [0.15, 0.2) is 11.5 Å². The molecule has 0 aliphatic carbocycles.